The first kappa shape index (κ1) is 41.7. The second-order valence-corrected chi connectivity index (χ2v) is 8.71. The Morgan fingerprint density at radius 1 is 0.514 bits per heavy atom. The zero-order valence-electron chi connectivity index (χ0n) is 20.5. The van der Waals surface area contributed by atoms with E-state index in [4.69, 9.17) is 47.8 Å². The van der Waals surface area contributed by atoms with Gasteiger partial charge in [0.15, 0.2) is 0 Å². The smallest absolute Gasteiger partial charge is 0.305 e. The Hall–Kier alpha value is -0.401. The van der Waals surface area contributed by atoms with E-state index in [9.17, 15) is 0 Å². The van der Waals surface area contributed by atoms with Crippen LogP contribution in [0.5, 0.6) is 0 Å². The fourth-order valence-corrected chi connectivity index (χ4v) is 2.93. The summed E-state index contributed by atoms with van der Waals surface area (Å²) in [5, 5.41) is 14.6. The van der Waals surface area contributed by atoms with Crippen LogP contribution in [0.1, 0.15) is 26.7 Å². The van der Waals surface area contributed by atoms with Gasteiger partial charge in [0.05, 0.1) is 12.1 Å². The Morgan fingerprint density at radius 2 is 0.714 bits per heavy atom. The van der Waals surface area contributed by atoms with Crippen LogP contribution in [0.3, 0.4) is 0 Å². The fraction of sp³-hybridized carbons (Fsp3) is 0.889. The Morgan fingerprint density at radius 3 is 0.943 bits per heavy atom. The van der Waals surface area contributed by atoms with Crippen LogP contribution >= 0.6 is 0 Å². The quantitative estimate of drug-likeness (QED) is 0.238. The average Bonchev–Trinajstić information content (AvgIpc) is 2.65. The molecule has 2 heterocycles. The van der Waals surface area contributed by atoms with Crippen molar-refractivity contribution in [3.05, 3.63) is 0 Å². The van der Waals surface area contributed by atoms with Gasteiger partial charge in [0.1, 0.15) is 0 Å². The summed E-state index contributed by atoms with van der Waals surface area (Å²) in [5.74, 6) is 0. The second-order valence-electron chi connectivity index (χ2n) is 7.20. The number of rotatable bonds is 0. The Kier molecular flexibility index (Phi) is 30.1. The van der Waals surface area contributed by atoms with Crippen LogP contribution in [0, 0.1) is 43.1 Å². The van der Waals surface area contributed by atoms with Gasteiger partial charge in [-0.05, 0) is 53.1 Å². The van der Waals surface area contributed by atoms with Crippen LogP contribution in [-0.2, 0) is 17.1 Å². The summed E-state index contributed by atoms with van der Waals surface area (Å²) in [5.41, 5.74) is 0. The van der Waals surface area contributed by atoms with Crippen molar-refractivity contribution in [3.8, 4) is 12.1 Å². The Labute approximate surface area is 223 Å². The minimum atomic E-state index is -4.94. The number of nitriles is 2. The summed E-state index contributed by atoms with van der Waals surface area (Å²) in [6.07, 6.45) is 2.64. The van der Waals surface area contributed by atoms with E-state index in [1.165, 1.54) is 92.1 Å². The molecule has 0 saturated carbocycles. The molecule has 2 aliphatic heterocycles. The third kappa shape index (κ3) is 47.4. The molecular formula is C18H36Cl2FeN6O8+4. The SMILES string of the molecule is CC#N.CC#N.CN1CCCN2CCN(C)CCCN(CC1)CC2.[Fe+6].[O-][Cl+3]([O-])([O-])[O-].[O-][Cl+3]([O-])([O-])[O-]. The van der Waals surface area contributed by atoms with Gasteiger partial charge in [-0.25, -0.2) is 37.3 Å². The van der Waals surface area contributed by atoms with E-state index >= 15 is 0 Å². The molecule has 2 unspecified atom stereocenters. The van der Waals surface area contributed by atoms with Gasteiger partial charge in [0.2, 0.25) is 0 Å². The normalized spacial score (nSPS) is 21.5. The molecule has 0 aromatic carbocycles. The van der Waals surface area contributed by atoms with Crippen LogP contribution < -0.4 is 37.3 Å². The minimum absolute atomic E-state index is 0. The summed E-state index contributed by atoms with van der Waals surface area (Å²) in [4.78, 5) is 10.3. The van der Waals surface area contributed by atoms with Crippen LogP contribution in [0.4, 0.5) is 0 Å². The van der Waals surface area contributed by atoms with Crippen molar-refractivity contribution >= 4 is 0 Å². The van der Waals surface area contributed by atoms with E-state index in [1.807, 2.05) is 0 Å². The van der Waals surface area contributed by atoms with Crippen LogP contribution in [-0.4, -0.2) is 99.1 Å². The average molecular weight is 591 g/mol. The summed E-state index contributed by atoms with van der Waals surface area (Å²) in [7, 11) is -5.35. The third-order valence-corrected chi connectivity index (χ3v) is 4.36. The van der Waals surface area contributed by atoms with Crippen molar-refractivity contribution in [2.24, 2.45) is 0 Å². The second kappa shape index (κ2) is 25.3. The molecule has 2 rings (SSSR count). The molecule has 2 atom stereocenters. The van der Waals surface area contributed by atoms with Crippen molar-refractivity contribution < 1.29 is 74.8 Å². The van der Waals surface area contributed by atoms with Crippen LogP contribution in [0.15, 0.2) is 0 Å². The number of halogens is 2. The van der Waals surface area contributed by atoms with Gasteiger partial charge in [0, 0.05) is 53.1 Å². The van der Waals surface area contributed by atoms with Gasteiger partial charge in [-0.2, -0.15) is 10.5 Å². The van der Waals surface area contributed by atoms with E-state index in [0.717, 1.165) is 0 Å². The van der Waals surface area contributed by atoms with E-state index in [2.05, 4.69) is 33.7 Å². The van der Waals surface area contributed by atoms with E-state index < -0.39 is 20.5 Å². The standard InChI is InChI=1S/C14H30N4.2C2H3N.2ClHO4.Fe/c1-15-5-3-7-18-12-10-16(2)6-4-8-17(11-9-15)13-14-18;2*1-2-3;2*2-1(3,4)5;/h3-14H2,1-2H3;2*1H3;2*(H,2,3,4,5);/q;;;;;+6/p-2. The molecule has 2 saturated heterocycles. The Bertz CT molecular complexity index is 501. The Balaban J connectivity index is -0.000000234. The molecule has 0 radical (unpaired) electrons. The predicted molar refractivity (Wildman–Crippen MR) is 99.7 cm³/mol. The summed E-state index contributed by atoms with van der Waals surface area (Å²) < 4.78 is 67.9. The minimum Gasteiger partial charge on any atom is -0.305 e. The largest absolute Gasteiger partial charge is 6.00 e. The molecule has 0 aliphatic carbocycles. The molecule has 35 heavy (non-hydrogen) atoms. The van der Waals surface area contributed by atoms with Gasteiger partial charge in [0.25, 0.3) is 0 Å². The number of nitrogens with zero attached hydrogens (tertiary/aromatic N) is 6. The molecular weight excluding hydrogens is 555 g/mol. The first-order chi connectivity index (χ1) is 15.6. The molecule has 14 nitrogen and oxygen atoms in total. The van der Waals surface area contributed by atoms with Crippen molar-refractivity contribution in [2.45, 2.75) is 26.7 Å². The topological polar surface area (TPSA) is 245 Å². The molecule has 0 N–H and O–H groups in total. The number of hydrogen-bond acceptors (Lipinski definition) is 14. The number of hydrogen-bond donors (Lipinski definition) is 0. The molecule has 2 aliphatic rings. The van der Waals surface area contributed by atoms with Gasteiger partial charge in [-0.1, -0.05) is 0 Å². The zero-order chi connectivity index (χ0) is 27.2. The maximum absolute atomic E-state index is 8.49. The molecule has 0 amide bonds. The monoisotopic (exact) mass is 590 g/mol. The zero-order valence-corrected chi connectivity index (χ0v) is 23.2. The number of likely N-dealkylation sites (N-methyl/N-ethyl adjacent to an activating group) is 2. The molecule has 2 fully saturated rings. The maximum atomic E-state index is 8.49. The summed E-state index contributed by atoms with van der Waals surface area (Å²) in [6.45, 7) is 15.4. The third-order valence-electron chi connectivity index (χ3n) is 4.36. The molecule has 0 aromatic heterocycles. The fourth-order valence-electron chi connectivity index (χ4n) is 2.93. The van der Waals surface area contributed by atoms with Crippen molar-refractivity contribution in [3.63, 3.8) is 0 Å². The molecule has 17 heteroatoms. The van der Waals surface area contributed by atoms with Crippen LogP contribution in [0.2, 0.25) is 0 Å². The van der Waals surface area contributed by atoms with Crippen molar-refractivity contribution in [2.75, 3.05) is 79.5 Å². The summed E-state index contributed by atoms with van der Waals surface area (Å²) in [6, 6.07) is 3.50. The van der Waals surface area contributed by atoms with Gasteiger partial charge in [-0.15, -0.1) is 20.5 Å². The molecule has 0 aromatic rings. The summed E-state index contributed by atoms with van der Waals surface area (Å²) >= 11 is 0. The molecule has 204 valence electrons. The van der Waals surface area contributed by atoms with Gasteiger partial charge in [-0.3, -0.25) is 0 Å². The van der Waals surface area contributed by atoms with E-state index in [1.54, 1.807) is 12.1 Å². The maximum Gasteiger partial charge on any atom is 6.00 e. The van der Waals surface area contributed by atoms with Gasteiger partial charge >= 0.3 is 17.1 Å². The van der Waals surface area contributed by atoms with Crippen molar-refractivity contribution in [1.29, 1.82) is 10.5 Å². The van der Waals surface area contributed by atoms with Crippen LogP contribution in [0.25, 0.3) is 0 Å². The van der Waals surface area contributed by atoms with Gasteiger partial charge < -0.3 is 19.6 Å². The number of fused-ring (bicyclic) bond motifs is 3. The predicted octanol–water partition coefficient (Wildman–Crippen LogP) is -8.19. The first-order valence-electron chi connectivity index (χ1n) is 10.2. The van der Waals surface area contributed by atoms with Crippen molar-refractivity contribution in [1.82, 2.24) is 19.6 Å². The molecule has 0 spiro atoms. The van der Waals surface area contributed by atoms with E-state index in [-0.39, 0.29) is 17.1 Å². The first-order valence-corrected chi connectivity index (χ1v) is 12.7. The molecule has 2 bridgehead atoms. The van der Waals surface area contributed by atoms with E-state index in [0.29, 0.717) is 0 Å².